The lowest BCUT2D eigenvalue weighted by molar-refractivity contribution is -0.220. The van der Waals surface area contributed by atoms with Crippen LogP contribution in [0.5, 0.6) is 11.5 Å². The van der Waals surface area contributed by atoms with Crippen molar-refractivity contribution >= 4 is 12.3 Å². The molecule has 0 spiro atoms. The monoisotopic (exact) mass is 609 g/mol. The van der Waals surface area contributed by atoms with Gasteiger partial charge in [-0.3, -0.25) is 9.69 Å². The van der Waals surface area contributed by atoms with Crippen LogP contribution in [0.2, 0.25) is 0 Å². The van der Waals surface area contributed by atoms with Crippen LogP contribution in [0.15, 0.2) is 29.8 Å². The number of ether oxygens (including phenoxy) is 5. The third-order valence-corrected chi connectivity index (χ3v) is 12.5. The summed E-state index contributed by atoms with van der Waals surface area (Å²) in [7, 11) is 1.70. The van der Waals surface area contributed by atoms with Gasteiger partial charge in [0.1, 0.15) is 11.7 Å². The number of nitrogens with zero attached hydrogens (tertiary/aromatic N) is 1. The van der Waals surface area contributed by atoms with Crippen molar-refractivity contribution in [1.29, 1.82) is 0 Å². The van der Waals surface area contributed by atoms with Crippen molar-refractivity contribution in [2.24, 2.45) is 45.8 Å². The summed E-state index contributed by atoms with van der Waals surface area (Å²) in [6.45, 7) is 10.7. The molecule has 0 aromatic heterocycles. The lowest BCUT2D eigenvalue weighted by atomic mass is 9.43. The quantitative estimate of drug-likeness (QED) is 0.309. The third-order valence-electron chi connectivity index (χ3n) is 12.5. The Balaban J connectivity index is 1.20. The molecule has 7 rings (SSSR count). The highest BCUT2D eigenvalue weighted by atomic mass is 16.7. The minimum atomic E-state index is -1.26. The standard InChI is InChI=1S/C35H47NO8/c1-20(2)27-11-24-12-33(17-37)26-8-6-21(3)25(26)13-34(24,35(27,33)32(38)39)18-41-31-16-36(15-30(40-5)22(4)44-31)14-23-7-9-28-29(10-23)43-19-42-28/h7,9-11,17,20-22,24-26,30-31H,6,8,12-16,18-19H2,1-5H3,(H,38,39)/t21-,22-,24?,25?,26?,30+,31-,33+,34?,35?/m1/s1. The zero-order chi connectivity index (χ0) is 31.0. The van der Waals surface area contributed by atoms with Crippen molar-refractivity contribution in [3.8, 4) is 11.5 Å². The molecule has 4 bridgehead atoms. The van der Waals surface area contributed by atoms with Crippen LogP contribution in [-0.2, 0) is 30.3 Å². The van der Waals surface area contributed by atoms with Crippen LogP contribution in [0.3, 0.4) is 0 Å². The molecule has 240 valence electrons. The van der Waals surface area contributed by atoms with Gasteiger partial charge in [0.05, 0.1) is 24.2 Å². The van der Waals surface area contributed by atoms with Crippen molar-refractivity contribution in [2.75, 3.05) is 33.6 Å². The average Bonchev–Trinajstić information content (AvgIpc) is 3.70. The van der Waals surface area contributed by atoms with Crippen molar-refractivity contribution < 1.29 is 38.4 Å². The van der Waals surface area contributed by atoms with E-state index in [4.69, 9.17) is 23.7 Å². The summed E-state index contributed by atoms with van der Waals surface area (Å²) < 4.78 is 30.3. The van der Waals surface area contributed by atoms with Crippen LogP contribution in [0, 0.1) is 45.8 Å². The number of carbonyl (C=O) groups excluding carboxylic acids is 1. The van der Waals surface area contributed by atoms with E-state index < -0.39 is 28.5 Å². The molecule has 2 heterocycles. The van der Waals surface area contributed by atoms with Gasteiger partial charge in [-0.1, -0.05) is 44.9 Å². The molecule has 0 radical (unpaired) electrons. The fourth-order valence-corrected chi connectivity index (χ4v) is 10.7. The van der Waals surface area contributed by atoms with Crippen molar-refractivity contribution in [2.45, 2.75) is 78.4 Å². The van der Waals surface area contributed by atoms with Crippen LogP contribution < -0.4 is 9.47 Å². The second kappa shape index (κ2) is 10.8. The predicted octanol–water partition coefficient (Wildman–Crippen LogP) is 4.92. The predicted molar refractivity (Wildman–Crippen MR) is 161 cm³/mol. The molecule has 4 aliphatic carbocycles. The van der Waals surface area contributed by atoms with Gasteiger partial charge >= 0.3 is 5.97 Å². The Morgan fingerprint density at radius 1 is 1.16 bits per heavy atom. The Bertz CT molecular complexity index is 1350. The number of carboxylic acid groups (broad SMARTS) is 1. The van der Waals surface area contributed by atoms with Gasteiger partial charge in [0.2, 0.25) is 6.79 Å². The van der Waals surface area contributed by atoms with Gasteiger partial charge in [0.25, 0.3) is 0 Å². The highest BCUT2D eigenvalue weighted by Gasteiger charge is 2.84. The number of rotatable bonds is 9. The van der Waals surface area contributed by atoms with Crippen molar-refractivity contribution in [1.82, 2.24) is 4.90 Å². The van der Waals surface area contributed by atoms with E-state index in [0.717, 1.165) is 48.2 Å². The maximum absolute atomic E-state index is 13.8. The normalized spacial score (nSPS) is 42.3. The second-order valence-electron chi connectivity index (χ2n) is 14.7. The topological polar surface area (TPSA) is 104 Å². The Hall–Kier alpha value is -2.46. The Morgan fingerprint density at radius 3 is 2.68 bits per heavy atom. The number of allylic oxidation sites excluding steroid dienone is 1. The fraction of sp³-hybridized carbons (Fsp3) is 0.714. The lowest BCUT2D eigenvalue weighted by Gasteiger charge is -2.58. The first-order chi connectivity index (χ1) is 21.1. The third kappa shape index (κ3) is 4.04. The minimum absolute atomic E-state index is 0.0151. The Labute approximate surface area is 260 Å². The molecule has 44 heavy (non-hydrogen) atoms. The number of carboxylic acids is 1. The van der Waals surface area contributed by atoms with E-state index in [-0.39, 0.29) is 43.4 Å². The summed E-state index contributed by atoms with van der Waals surface area (Å²) in [5.41, 5.74) is -0.845. The van der Waals surface area contributed by atoms with Gasteiger partial charge in [-0.2, -0.15) is 0 Å². The first-order valence-corrected chi connectivity index (χ1v) is 16.4. The maximum atomic E-state index is 13.8. The number of hydrogen-bond donors (Lipinski definition) is 1. The summed E-state index contributed by atoms with van der Waals surface area (Å²) in [4.78, 5) is 29.4. The molecule has 1 aromatic rings. The molecule has 2 aliphatic heterocycles. The molecule has 4 fully saturated rings. The number of hydrogen-bond acceptors (Lipinski definition) is 8. The molecule has 1 aromatic carbocycles. The van der Waals surface area contributed by atoms with Crippen LogP contribution in [0.25, 0.3) is 0 Å². The molecule has 9 heteroatoms. The number of fused-ring (bicyclic) bond motifs is 3. The van der Waals surface area contributed by atoms with Gasteiger partial charge in [-0.25, -0.2) is 0 Å². The average molecular weight is 610 g/mol. The molecule has 5 unspecified atom stereocenters. The van der Waals surface area contributed by atoms with E-state index in [1.54, 1.807) is 7.11 Å². The number of aldehydes is 1. The Kier molecular flexibility index (Phi) is 7.43. The summed E-state index contributed by atoms with van der Waals surface area (Å²) in [5.74, 6) is 1.52. The van der Waals surface area contributed by atoms with Gasteiger partial charge in [-0.15, -0.1) is 0 Å². The summed E-state index contributed by atoms with van der Waals surface area (Å²) in [6, 6.07) is 6.00. The van der Waals surface area contributed by atoms with Crippen LogP contribution in [0.4, 0.5) is 0 Å². The molecule has 1 saturated heterocycles. The maximum Gasteiger partial charge on any atom is 0.315 e. The number of aliphatic carboxylic acids is 1. The number of methoxy groups -OCH3 is 1. The largest absolute Gasteiger partial charge is 0.481 e. The molecule has 3 saturated carbocycles. The summed E-state index contributed by atoms with van der Waals surface area (Å²) in [5, 5.41) is 11.3. The molecular weight excluding hydrogens is 562 g/mol. The molecule has 10 atom stereocenters. The molecular formula is C35H47NO8. The first kappa shape index (κ1) is 30.2. The SMILES string of the molecule is CO[C@H]1CN(Cc2ccc3c(c2)OCO3)C[C@H](OCC23CC4C(CC[C@H]4C)[C@@]4(C=O)CC2C=C(C(C)C)C34C(=O)O)O[C@@H]1C. The van der Waals surface area contributed by atoms with Gasteiger partial charge < -0.3 is 33.6 Å². The van der Waals surface area contributed by atoms with E-state index in [9.17, 15) is 14.7 Å². The van der Waals surface area contributed by atoms with Gasteiger partial charge in [0.15, 0.2) is 17.8 Å². The molecule has 1 N–H and O–H groups in total. The number of benzene rings is 1. The number of carbonyl (C=O) groups is 2. The van der Waals surface area contributed by atoms with Gasteiger partial charge in [-0.05, 0) is 73.5 Å². The highest BCUT2D eigenvalue weighted by molar-refractivity contribution is 5.90. The fourth-order valence-electron chi connectivity index (χ4n) is 10.7. The van der Waals surface area contributed by atoms with E-state index >= 15 is 0 Å². The van der Waals surface area contributed by atoms with Crippen LogP contribution >= 0.6 is 0 Å². The van der Waals surface area contributed by atoms with E-state index in [2.05, 4.69) is 31.7 Å². The zero-order valence-corrected chi connectivity index (χ0v) is 26.6. The first-order valence-electron chi connectivity index (χ1n) is 16.4. The minimum Gasteiger partial charge on any atom is -0.481 e. The van der Waals surface area contributed by atoms with Crippen LogP contribution in [0.1, 0.15) is 58.9 Å². The smallest absolute Gasteiger partial charge is 0.315 e. The second-order valence-corrected chi connectivity index (χ2v) is 14.7. The van der Waals surface area contributed by atoms with E-state index in [1.807, 2.05) is 25.1 Å². The van der Waals surface area contributed by atoms with E-state index in [1.165, 1.54) is 0 Å². The Morgan fingerprint density at radius 2 is 1.95 bits per heavy atom. The highest BCUT2D eigenvalue weighted by Crippen LogP contribution is 2.82. The summed E-state index contributed by atoms with van der Waals surface area (Å²) in [6.07, 6.45) is 5.66. The lowest BCUT2D eigenvalue weighted by Crippen LogP contribution is -2.63. The van der Waals surface area contributed by atoms with Crippen molar-refractivity contribution in [3.05, 3.63) is 35.4 Å². The zero-order valence-electron chi connectivity index (χ0n) is 26.6. The molecule has 6 aliphatic rings. The molecule has 9 nitrogen and oxygen atoms in total. The van der Waals surface area contributed by atoms with Crippen molar-refractivity contribution in [3.63, 3.8) is 0 Å². The van der Waals surface area contributed by atoms with Crippen LogP contribution in [-0.4, -0.2) is 74.4 Å². The van der Waals surface area contributed by atoms with Gasteiger partial charge in [0, 0.05) is 32.2 Å². The van der Waals surface area contributed by atoms with E-state index in [0.29, 0.717) is 37.9 Å². The summed E-state index contributed by atoms with van der Waals surface area (Å²) >= 11 is 0. The molecule has 0 amide bonds.